The Morgan fingerprint density at radius 2 is 1.83 bits per heavy atom. The van der Waals surface area contributed by atoms with Crippen molar-refractivity contribution in [2.24, 2.45) is 11.0 Å². The van der Waals surface area contributed by atoms with Gasteiger partial charge in [0.2, 0.25) is 5.91 Å². The molecule has 1 heterocycles. The number of ether oxygens (including phenoxy) is 1. The number of nitrogens with zero attached hydrogens (tertiary/aromatic N) is 2. The summed E-state index contributed by atoms with van der Waals surface area (Å²) in [6.45, 7) is 5.66. The standard InChI is InChI=1S/C23H27N3O3/c1-3-29-20-10-8-18(9-11-20)16-24-25-22(27)19-12-14-26(15-13-19)23(28)21-7-5-4-6-17(21)2/h4-11,16,19H,3,12-15H2,1-2H3,(H,25,27)/b24-16-. The van der Waals surface area contributed by atoms with Gasteiger partial charge in [-0.2, -0.15) is 5.10 Å². The molecule has 6 nitrogen and oxygen atoms in total. The predicted molar refractivity (Wildman–Crippen MR) is 113 cm³/mol. The smallest absolute Gasteiger partial charge is 0.254 e. The molecule has 3 rings (SSSR count). The van der Waals surface area contributed by atoms with Gasteiger partial charge in [0, 0.05) is 24.6 Å². The van der Waals surface area contributed by atoms with E-state index in [1.165, 1.54) is 0 Å². The Kier molecular flexibility index (Phi) is 7.00. The minimum Gasteiger partial charge on any atom is -0.494 e. The lowest BCUT2D eigenvalue weighted by Gasteiger charge is -2.31. The normalized spacial score (nSPS) is 14.8. The Bertz CT molecular complexity index is 869. The number of hydrogen-bond acceptors (Lipinski definition) is 4. The quantitative estimate of drug-likeness (QED) is 0.604. The number of carbonyl (C=O) groups excluding carboxylic acids is 2. The molecule has 1 aliphatic heterocycles. The van der Waals surface area contributed by atoms with Crippen molar-refractivity contribution >= 4 is 18.0 Å². The second-order valence-electron chi connectivity index (χ2n) is 7.12. The van der Waals surface area contributed by atoms with Gasteiger partial charge < -0.3 is 9.64 Å². The molecular weight excluding hydrogens is 366 g/mol. The van der Waals surface area contributed by atoms with Gasteiger partial charge in [0.05, 0.1) is 12.8 Å². The predicted octanol–water partition coefficient (Wildman–Crippen LogP) is 3.40. The molecule has 152 valence electrons. The molecule has 2 aromatic carbocycles. The Balaban J connectivity index is 1.47. The van der Waals surface area contributed by atoms with Crippen LogP contribution in [0, 0.1) is 12.8 Å². The van der Waals surface area contributed by atoms with Crippen LogP contribution in [0.15, 0.2) is 53.6 Å². The van der Waals surface area contributed by atoms with Gasteiger partial charge >= 0.3 is 0 Å². The van der Waals surface area contributed by atoms with Gasteiger partial charge in [-0.25, -0.2) is 5.43 Å². The fourth-order valence-corrected chi connectivity index (χ4v) is 3.41. The van der Waals surface area contributed by atoms with Crippen molar-refractivity contribution in [2.45, 2.75) is 26.7 Å². The number of hydrazone groups is 1. The highest BCUT2D eigenvalue weighted by atomic mass is 16.5. The van der Waals surface area contributed by atoms with Crippen LogP contribution in [0.3, 0.4) is 0 Å². The third kappa shape index (κ3) is 5.44. The molecule has 1 fully saturated rings. The largest absolute Gasteiger partial charge is 0.494 e. The fourth-order valence-electron chi connectivity index (χ4n) is 3.41. The Labute approximate surface area is 171 Å². The zero-order valence-corrected chi connectivity index (χ0v) is 16.9. The van der Waals surface area contributed by atoms with E-state index in [4.69, 9.17) is 4.74 Å². The van der Waals surface area contributed by atoms with Crippen LogP contribution in [0.2, 0.25) is 0 Å². The van der Waals surface area contributed by atoms with Crippen LogP contribution in [0.5, 0.6) is 5.75 Å². The number of rotatable bonds is 6. The summed E-state index contributed by atoms with van der Waals surface area (Å²) in [6, 6.07) is 15.1. The zero-order valence-electron chi connectivity index (χ0n) is 16.9. The molecule has 29 heavy (non-hydrogen) atoms. The number of amides is 2. The van der Waals surface area contributed by atoms with E-state index >= 15 is 0 Å². The van der Waals surface area contributed by atoms with E-state index in [9.17, 15) is 9.59 Å². The molecule has 1 aliphatic rings. The first-order chi connectivity index (χ1) is 14.1. The van der Waals surface area contributed by atoms with Crippen molar-refractivity contribution in [1.82, 2.24) is 10.3 Å². The lowest BCUT2D eigenvalue weighted by molar-refractivity contribution is -0.126. The molecule has 0 atom stereocenters. The second kappa shape index (κ2) is 9.87. The SMILES string of the molecule is CCOc1ccc(/C=N\NC(=O)C2CCN(C(=O)c3ccccc3C)CC2)cc1. The van der Waals surface area contributed by atoms with Crippen molar-refractivity contribution in [3.8, 4) is 5.75 Å². The molecular formula is C23H27N3O3. The molecule has 0 spiro atoms. The Morgan fingerprint density at radius 3 is 2.48 bits per heavy atom. The van der Waals surface area contributed by atoms with Crippen LogP contribution in [-0.4, -0.2) is 42.6 Å². The number of piperidine rings is 1. The van der Waals surface area contributed by atoms with E-state index in [0.29, 0.717) is 32.5 Å². The number of carbonyl (C=O) groups is 2. The van der Waals surface area contributed by atoms with Crippen LogP contribution in [0.25, 0.3) is 0 Å². The van der Waals surface area contributed by atoms with E-state index in [0.717, 1.165) is 22.4 Å². The number of hydrogen-bond donors (Lipinski definition) is 1. The summed E-state index contributed by atoms with van der Waals surface area (Å²) in [5, 5.41) is 4.06. The average Bonchev–Trinajstić information content (AvgIpc) is 2.75. The maximum absolute atomic E-state index is 12.7. The minimum atomic E-state index is -0.131. The first-order valence-corrected chi connectivity index (χ1v) is 9.99. The molecule has 1 N–H and O–H groups in total. The number of likely N-dealkylation sites (tertiary alicyclic amines) is 1. The van der Waals surface area contributed by atoms with Gasteiger partial charge in [-0.1, -0.05) is 18.2 Å². The molecule has 0 unspecified atom stereocenters. The fraction of sp³-hybridized carbons (Fsp3) is 0.348. The minimum absolute atomic E-state index is 0.0375. The van der Waals surface area contributed by atoms with Gasteiger partial charge in [-0.05, 0) is 68.1 Å². The summed E-state index contributed by atoms with van der Waals surface area (Å²) in [4.78, 5) is 26.9. The monoisotopic (exact) mass is 393 g/mol. The second-order valence-corrected chi connectivity index (χ2v) is 7.12. The summed E-state index contributed by atoms with van der Waals surface area (Å²) in [7, 11) is 0. The first-order valence-electron chi connectivity index (χ1n) is 9.99. The van der Waals surface area contributed by atoms with Crippen molar-refractivity contribution < 1.29 is 14.3 Å². The van der Waals surface area contributed by atoms with Crippen molar-refractivity contribution in [1.29, 1.82) is 0 Å². The summed E-state index contributed by atoms with van der Waals surface area (Å²) < 4.78 is 5.40. The summed E-state index contributed by atoms with van der Waals surface area (Å²) in [6.07, 6.45) is 2.90. The van der Waals surface area contributed by atoms with Crippen LogP contribution < -0.4 is 10.2 Å². The van der Waals surface area contributed by atoms with E-state index in [2.05, 4.69) is 10.5 Å². The molecule has 0 bridgehead atoms. The van der Waals surface area contributed by atoms with E-state index in [1.807, 2.05) is 67.3 Å². The highest BCUT2D eigenvalue weighted by Gasteiger charge is 2.28. The molecule has 0 radical (unpaired) electrons. The molecule has 0 aliphatic carbocycles. The van der Waals surface area contributed by atoms with Crippen LogP contribution in [-0.2, 0) is 4.79 Å². The number of benzene rings is 2. The highest BCUT2D eigenvalue weighted by Crippen LogP contribution is 2.20. The van der Waals surface area contributed by atoms with Crippen molar-refractivity contribution in [3.63, 3.8) is 0 Å². The van der Waals surface area contributed by atoms with Crippen molar-refractivity contribution in [2.75, 3.05) is 19.7 Å². The molecule has 2 amide bonds. The lowest BCUT2D eigenvalue weighted by atomic mass is 9.95. The molecule has 6 heteroatoms. The van der Waals surface area contributed by atoms with Gasteiger partial charge in [-0.15, -0.1) is 0 Å². The van der Waals surface area contributed by atoms with E-state index < -0.39 is 0 Å². The Hall–Kier alpha value is -3.15. The summed E-state index contributed by atoms with van der Waals surface area (Å²) >= 11 is 0. The molecule has 0 saturated carbocycles. The first kappa shape index (κ1) is 20.6. The summed E-state index contributed by atoms with van der Waals surface area (Å²) in [5.41, 5.74) is 5.21. The highest BCUT2D eigenvalue weighted by molar-refractivity contribution is 5.95. The molecule has 0 aromatic heterocycles. The average molecular weight is 393 g/mol. The third-order valence-corrected chi connectivity index (χ3v) is 5.11. The maximum Gasteiger partial charge on any atom is 0.254 e. The Morgan fingerprint density at radius 1 is 1.14 bits per heavy atom. The maximum atomic E-state index is 12.7. The van der Waals surface area contributed by atoms with E-state index in [1.54, 1.807) is 6.21 Å². The van der Waals surface area contributed by atoms with Gasteiger partial charge in [0.15, 0.2) is 0 Å². The molecule has 2 aromatic rings. The topological polar surface area (TPSA) is 71.0 Å². The third-order valence-electron chi connectivity index (χ3n) is 5.11. The summed E-state index contributed by atoms with van der Waals surface area (Å²) in [5.74, 6) is 0.611. The van der Waals surface area contributed by atoms with Crippen LogP contribution in [0.4, 0.5) is 0 Å². The van der Waals surface area contributed by atoms with Crippen molar-refractivity contribution in [3.05, 3.63) is 65.2 Å². The molecule has 1 saturated heterocycles. The van der Waals surface area contributed by atoms with Gasteiger partial charge in [0.25, 0.3) is 5.91 Å². The van der Waals surface area contributed by atoms with Crippen LogP contribution in [0.1, 0.15) is 41.3 Å². The number of aryl methyl sites for hydroxylation is 1. The lowest BCUT2D eigenvalue weighted by Crippen LogP contribution is -2.42. The van der Waals surface area contributed by atoms with Gasteiger partial charge in [0.1, 0.15) is 5.75 Å². The van der Waals surface area contributed by atoms with Gasteiger partial charge in [-0.3, -0.25) is 9.59 Å². The zero-order chi connectivity index (χ0) is 20.6. The van der Waals surface area contributed by atoms with E-state index in [-0.39, 0.29) is 17.7 Å². The van der Waals surface area contributed by atoms with Crippen LogP contribution >= 0.6 is 0 Å². The number of nitrogens with one attached hydrogen (secondary N) is 1.